The van der Waals surface area contributed by atoms with Gasteiger partial charge in [0.15, 0.2) is 11.2 Å². The quantitative estimate of drug-likeness (QED) is 0.109. The third-order valence-electron chi connectivity index (χ3n) is 7.36. The van der Waals surface area contributed by atoms with Gasteiger partial charge < -0.3 is 24.8 Å². The van der Waals surface area contributed by atoms with Crippen LogP contribution in [-0.2, 0) is 38.4 Å². The van der Waals surface area contributed by atoms with Gasteiger partial charge in [-0.15, -0.1) is 0 Å². The van der Waals surface area contributed by atoms with Crippen LogP contribution in [-0.4, -0.2) is 57.0 Å². The van der Waals surface area contributed by atoms with E-state index in [1.807, 2.05) is 33.8 Å². The van der Waals surface area contributed by atoms with E-state index >= 15 is 0 Å². The average molecular weight is 770 g/mol. The van der Waals surface area contributed by atoms with Crippen molar-refractivity contribution in [2.75, 3.05) is 7.11 Å². The van der Waals surface area contributed by atoms with Gasteiger partial charge in [0.2, 0.25) is 21.7 Å². The molecule has 0 aromatic heterocycles. The number of nitrogens with one attached hydrogen (secondary N) is 2. The van der Waals surface area contributed by atoms with Crippen molar-refractivity contribution in [3.8, 4) is 0 Å². The zero-order chi connectivity index (χ0) is 36.1. The maximum Gasteiger partial charge on any atom is 0.373 e. The smallest absolute Gasteiger partial charge is 0.373 e. The summed E-state index contributed by atoms with van der Waals surface area (Å²) in [5.41, 5.74) is -1.75. The van der Waals surface area contributed by atoms with Crippen molar-refractivity contribution < 1.29 is 37.0 Å². The van der Waals surface area contributed by atoms with Crippen LogP contribution in [0.4, 0.5) is 0 Å². The summed E-state index contributed by atoms with van der Waals surface area (Å²) < 4.78 is 43.2. The fourth-order valence-electron chi connectivity index (χ4n) is 4.52. The van der Waals surface area contributed by atoms with Crippen molar-refractivity contribution in [1.29, 1.82) is 0 Å². The molecule has 0 fully saturated rings. The molecule has 1 unspecified atom stereocenters. The van der Waals surface area contributed by atoms with Crippen LogP contribution in [0, 0.1) is 11.3 Å². The summed E-state index contributed by atoms with van der Waals surface area (Å²) in [7, 11) is -2.34. The highest BCUT2D eigenvalue weighted by molar-refractivity contribution is 9.10. The molecule has 0 saturated carbocycles. The fraction of sp³-hybridized carbons (Fsp3) is 0.457. The summed E-state index contributed by atoms with van der Waals surface area (Å²) >= 11 is 9.33. The lowest BCUT2D eigenvalue weighted by atomic mass is 9.86. The minimum atomic E-state index is -3.76. The lowest BCUT2D eigenvalue weighted by Crippen LogP contribution is -2.52. The predicted molar refractivity (Wildman–Crippen MR) is 190 cm³/mol. The summed E-state index contributed by atoms with van der Waals surface area (Å²) in [4.78, 5) is 37.9. The normalized spacial score (nSPS) is 18.7. The van der Waals surface area contributed by atoms with Crippen LogP contribution in [0.15, 0.2) is 93.2 Å². The molecule has 2 amide bonds. The molecule has 48 heavy (non-hydrogen) atoms. The number of cyclic esters (lactones) is 1. The largest absolute Gasteiger partial charge is 0.490 e. The second-order valence-electron chi connectivity index (χ2n) is 12.4. The maximum atomic E-state index is 13.1. The minimum absolute atomic E-state index is 0.102. The number of halogens is 2. The van der Waals surface area contributed by atoms with Crippen LogP contribution < -0.4 is 10.6 Å². The fourth-order valence-corrected chi connectivity index (χ4v) is 6.07. The van der Waals surface area contributed by atoms with Gasteiger partial charge in [0.25, 0.3) is 0 Å². The zero-order valence-corrected chi connectivity index (χ0v) is 31.5. The Bertz CT molecular complexity index is 1520. The Hall–Kier alpha value is -3.19. The van der Waals surface area contributed by atoms with Gasteiger partial charge in [0.05, 0.1) is 18.1 Å². The third-order valence-corrected chi connectivity index (χ3v) is 9.95. The van der Waals surface area contributed by atoms with E-state index in [2.05, 4.69) is 26.6 Å². The molecule has 1 aromatic rings. The molecule has 2 rings (SSSR count). The number of ether oxygens (including phenoxy) is 3. The Morgan fingerprint density at radius 3 is 2.40 bits per heavy atom. The number of amides is 2. The zero-order valence-electron chi connectivity index (χ0n) is 28.4. The van der Waals surface area contributed by atoms with Gasteiger partial charge in [0.1, 0.15) is 12.1 Å². The molecule has 0 spiro atoms. The van der Waals surface area contributed by atoms with E-state index in [-0.39, 0.29) is 29.1 Å². The first kappa shape index (κ1) is 41.0. The van der Waals surface area contributed by atoms with Gasteiger partial charge in [0, 0.05) is 27.9 Å². The molecule has 1 heterocycles. The highest BCUT2D eigenvalue weighted by atomic mass is 79.9. The van der Waals surface area contributed by atoms with E-state index in [0.717, 1.165) is 4.47 Å². The molecule has 0 aliphatic carbocycles. The van der Waals surface area contributed by atoms with Crippen LogP contribution in [0.25, 0.3) is 0 Å². The van der Waals surface area contributed by atoms with Gasteiger partial charge in [-0.3, -0.25) is 9.59 Å². The maximum absolute atomic E-state index is 13.1. The highest BCUT2D eigenvalue weighted by Crippen LogP contribution is 2.24. The summed E-state index contributed by atoms with van der Waals surface area (Å²) in [6.45, 7) is 10.6. The Morgan fingerprint density at radius 2 is 1.81 bits per heavy atom. The number of allylic oxidation sites excluding steroid dienone is 3. The van der Waals surface area contributed by atoms with Crippen molar-refractivity contribution >= 4 is 55.2 Å². The number of rotatable bonds is 16. The Morgan fingerprint density at radius 1 is 1.15 bits per heavy atom. The van der Waals surface area contributed by atoms with Crippen LogP contribution >= 0.6 is 27.5 Å². The molecule has 13 heteroatoms. The van der Waals surface area contributed by atoms with Gasteiger partial charge in [-0.25, -0.2) is 13.2 Å². The Balaban J connectivity index is 1.99. The first-order valence-corrected chi connectivity index (χ1v) is 18.2. The van der Waals surface area contributed by atoms with Crippen molar-refractivity contribution in [2.45, 2.75) is 89.4 Å². The van der Waals surface area contributed by atoms with Gasteiger partial charge in [-0.05, 0) is 68.6 Å². The van der Waals surface area contributed by atoms with E-state index in [1.165, 1.54) is 38.4 Å². The van der Waals surface area contributed by atoms with Crippen molar-refractivity contribution in [1.82, 2.24) is 10.6 Å². The van der Waals surface area contributed by atoms with E-state index in [9.17, 15) is 22.8 Å². The molecule has 1 aromatic carbocycles. The molecule has 0 saturated heterocycles. The number of hydrogen-bond donors (Lipinski definition) is 2. The van der Waals surface area contributed by atoms with Crippen LogP contribution in [0.3, 0.4) is 0 Å². The molecular formula is C35H46BrClN2O8S. The summed E-state index contributed by atoms with van der Waals surface area (Å²) in [6, 6.07) is 5.46. The summed E-state index contributed by atoms with van der Waals surface area (Å²) in [6.07, 6.45) is 13.2. The van der Waals surface area contributed by atoms with Crippen LogP contribution in [0.2, 0.25) is 0 Å². The van der Waals surface area contributed by atoms with Crippen molar-refractivity contribution in [3.63, 3.8) is 0 Å². The van der Waals surface area contributed by atoms with Crippen LogP contribution in [0.1, 0.15) is 60.8 Å². The second kappa shape index (κ2) is 19.1. The first-order chi connectivity index (χ1) is 22.4. The van der Waals surface area contributed by atoms with Crippen molar-refractivity contribution in [3.05, 3.63) is 88.3 Å². The average Bonchev–Trinajstić information content (AvgIpc) is 3.01. The molecule has 1 aliphatic heterocycles. The lowest BCUT2D eigenvalue weighted by molar-refractivity contribution is -0.151. The topological polar surface area (TPSA) is 137 Å². The lowest BCUT2D eigenvalue weighted by Gasteiger charge is -2.29. The highest BCUT2D eigenvalue weighted by Gasteiger charge is 2.32. The number of methoxy groups -OCH3 is 1. The van der Waals surface area contributed by atoms with E-state index < -0.39 is 50.6 Å². The number of carbonyl (C=O) groups is 3. The van der Waals surface area contributed by atoms with Gasteiger partial charge >= 0.3 is 5.97 Å². The minimum Gasteiger partial charge on any atom is -0.490 e. The van der Waals surface area contributed by atoms with Gasteiger partial charge in [-0.1, -0.05) is 85.6 Å². The SMILES string of the molecule is COC1=CC[C@@H]([C@@H](C)/C=C\C=C/C(=O)N[C@H](C(=O)N/C=C\C[C@H](C/C=C(\C)Cl)OC(C)S(=O)(=O)c2ccc(Br)cc2)C(C)(C)C)OC1=O. The van der Waals surface area contributed by atoms with Gasteiger partial charge in [-0.2, -0.15) is 0 Å². The van der Waals surface area contributed by atoms with Crippen molar-refractivity contribution in [2.24, 2.45) is 11.3 Å². The van der Waals surface area contributed by atoms with E-state index in [1.54, 1.807) is 49.4 Å². The Labute approximate surface area is 297 Å². The second-order valence-corrected chi connectivity index (χ2v) is 16.1. The number of esters is 1. The molecule has 10 nitrogen and oxygen atoms in total. The standard InChI is InChI=1S/C35H46BrClN2O8S/c1-23(29-20-21-30(45-7)34(42)47-29)11-8-9-13-31(40)39-32(35(4,5)6)33(41)38-22-10-12-27(17-14-24(2)37)46-25(3)48(43,44)28-18-15-26(36)16-19-28/h8-11,13-16,18-19,21-23,25,27,29,32H,12,17,20H2,1-7H3,(H,38,41)(H,39,40)/b11-8-,13-9-,22-10-,24-14+/t23-,25?,27+,29-,32+/m0/s1. The monoisotopic (exact) mass is 768 g/mol. The number of hydrogen-bond acceptors (Lipinski definition) is 8. The Kier molecular flexibility index (Phi) is 16.3. The molecule has 5 atom stereocenters. The number of benzene rings is 1. The third kappa shape index (κ3) is 13.4. The van der Waals surface area contributed by atoms with Crippen LogP contribution in [0.5, 0.6) is 0 Å². The molecule has 0 bridgehead atoms. The molecule has 1 aliphatic rings. The predicted octanol–water partition coefficient (Wildman–Crippen LogP) is 6.63. The molecule has 264 valence electrons. The summed E-state index contributed by atoms with van der Waals surface area (Å²) in [5, 5.41) is 6.01. The molecule has 0 radical (unpaired) electrons. The molecule has 2 N–H and O–H groups in total. The number of sulfone groups is 1. The number of carbonyl (C=O) groups excluding carboxylic acids is 3. The molecular weight excluding hydrogens is 724 g/mol. The van der Waals surface area contributed by atoms with E-state index in [4.69, 9.17) is 25.8 Å². The van der Waals surface area contributed by atoms with E-state index in [0.29, 0.717) is 17.9 Å². The summed E-state index contributed by atoms with van der Waals surface area (Å²) in [5.74, 6) is -1.30. The first-order valence-electron chi connectivity index (χ1n) is 15.5.